The van der Waals surface area contributed by atoms with Crippen LogP contribution < -0.4 is 0 Å². The second-order valence-electron chi connectivity index (χ2n) is 6.08. The summed E-state index contributed by atoms with van der Waals surface area (Å²) in [6.45, 7) is 2.45. The Labute approximate surface area is 144 Å². The average molecular weight is 339 g/mol. The van der Waals surface area contributed by atoms with E-state index in [1.54, 1.807) is 24.4 Å². The minimum Gasteiger partial charge on any atom is -0.295 e. The van der Waals surface area contributed by atoms with Gasteiger partial charge in [-0.3, -0.25) is 20.0 Å². The molecule has 5 nitrogen and oxygen atoms in total. The molecule has 0 fully saturated rings. The van der Waals surface area contributed by atoms with E-state index in [-0.39, 0.29) is 17.5 Å². The predicted octanol–water partition coefficient (Wildman–Crippen LogP) is 4.48. The largest absolute Gasteiger partial charge is 0.295 e. The summed E-state index contributed by atoms with van der Waals surface area (Å²) < 4.78 is 13.9. The molecule has 2 aromatic carbocycles. The van der Waals surface area contributed by atoms with Crippen molar-refractivity contribution in [1.82, 2.24) is 9.88 Å². The Morgan fingerprint density at radius 2 is 2.04 bits per heavy atom. The molecule has 0 saturated heterocycles. The Balaban J connectivity index is 1.88. The first-order chi connectivity index (χ1) is 12.0. The average Bonchev–Trinajstić information content (AvgIpc) is 2.61. The van der Waals surface area contributed by atoms with Gasteiger partial charge < -0.3 is 0 Å². The number of hydrogen-bond donors (Lipinski definition) is 0. The zero-order valence-corrected chi connectivity index (χ0v) is 14.0. The molecule has 6 heteroatoms. The van der Waals surface area contributed by atoms with Gasteiger partial charge in [0, 0.05) is 36.3 Å². The highest BCUT2D eigenvalue weighted by molar-refractivity contribution is 5.81. The first-order valence-electron chi connectivity index (χ1n) is 7.93. The molecule has 1 atom stereocenters. The van der Waals surface area contributed by atoms with Crippen LogP contribution in [-0.4, -0.2) is 21.9 Å². The molecule has 0 radical (unpaired) electrons. The van der Waals surface area contributed by atoms with Gasteiger partial charge in [0.05, 0.1) is 10.4 Å². The number of hydrogen-bond acceptors (Lipinski definition) is 4. The first-order valence-corrected chi connectivity index (χ1v) is 7.93. The van der Waals surface area contributed by atoms with Crippen LogP contribution in [0.15, 0.2) is 54.7 Å². The van der Waals surface area contributed by atoms with Crippen molar-refractivity contribution < 1.29 is 9.31 Å². The van der Waals surface area contributed by atoms with Crippen molar-refractivity contribution in [3.8, 4) is 0 Å². The molecule has 25 heavy (non-hydrogen) atoms. The number of benzene rings is 2. The van der Waals surface area contributed by atoms with Crippen LogP contribution in [0.3, 0.4) is 0 Å². The number of pyridine rings is 1. The molecule has 3 rings (SSSR count). The molecule has 0 aliphatic heterocycles. The highest BCUT2D eigenvalue weighted by atomic mass is 19.1. The topological polar surface area (TPSA) is 59.3 Å². The highest BCUT2D eigenvalue weighted by Gasteiger charge is 2.17. The number of non-ortho nitro benzene ring substituents is 1. The Hall–Kier alpha value is -2.86. The van der Waals surface area contributed by atoms with Gasteiger partial charge in [0.2, 0.25) is 0 Å². The van der Waals surface area contributed by atoms with Gasteiger partial charge in [-0.25, -0.2) is 4.39 Å². The molecular formula is C19H18FN3O2. The van der Waals surface area contributed by atoms with Crippen molar-refractivity contribution in [2.24, 2.45) is 0 Å². The summed E-state index contributed by atoms with van der Waals surface area (Å²) in [5.74, 6) is -0.299. The van der Waals surface area contributed by atoms with Gasteiger partial charge in [0.25, 0.3) is 5.69 Å². The van der Waals surface area contributed by atoms with Crippen LogP contribution in [0.5, 0.6) is 0 Å². The molecule has 0 amide bonds. The van der Waals surface area contributed by atoms with E-state index in [2.05, 4.69) is 4.98 Å². The van der Waals surface area contributed by atoms with E-state index in [0.29, 0.717) is 6.54 Å². The maximum Gasteiger partial charge on any atom is 0.269 e. The number of nitro groups is 1. The van der Waals surface area contributed by atoms with Crippen molar-refractivity contribution >= 4 is 16.6 Å². The van der Waals surface area contributed by atoms with Crippen molar-refractivity contribution in [3.05, 3.63) is 81.8 Å². The van der Waals surface area contributed by atoms with Gasteiger partial charge in [-0.1, -0.05) is 18.2 Å². The number of halogens is 1. The summed E-state index contributed by atoms with van der Waals surface area (Å²) in [6, 6.07) is 13.1. The fourth-order valence-corrected chi connectivity index (χ4v) is 2.91. The number of aromatic nitrogens is 1. The monoisotopic (exact) mass is 339 g/mol. The molecule has 1 aromatic heterocycles. The maximum atomic E-state index is 13.9. The molecule has 0 aliphatic carbocycles. The lowest BCUT2D eigenvalue weighted by Gasteiger charge is -2.25. The Morgan fingerprint density at radius 1 is 1.24 bits per heavy atom. The van der Waals surface area contributed by atoms with E-state index in [9.17, 15) is 14.5 Å². The lowest BCUT2D eigenvalue weighted by molar-refractivity contribution is -0.384. The van der Waals surface area contributed by atoms with Crippen molar-refractivity contribution in [2.45, 2.75) is 19.5 Å². The summed E-state index contributed by atoms with van der Waals surface area (Å²) in [7, 11) is 1.91. The van der Waals surface area contributed by atoms with Gasteiger partial charge in [-0.2, -0.15) is 0 Å². The van der Waals surface area contributed by atoms with E-state index < -0.39 is 4.92 Å². The van der Waals surface area contributed by atoms with E-state index in [1.807, 2.05) is 31.0 Å². The molecule has 128 valence electrons. The fraction of sp³-hybridized carbons (Fsp3) is 0.211. The molecule has 1 heterocycles. The third-order valence-electron chi connectivity index (χ3n) is 4.39. The van der Waals surface area contributed by atoms with Crippen LogP contribution in [0.2, 0.25) is 0 Å². The summed E-state index contributed by atoms with van der Waals surface area (Å²) in [5, 5.41) is 11.7. The molecule has 3 aromatic rings. The smallest absolute Gasteiger partial charge is 0.269 e. The summed E-state index contributed by atoms with van der Waals surface area (Å²) >= 11 is 0. The van der Waals surface area contributed by atoms with Crippen LogP contribution in [0.25, 0.3) is 10.9 Å². The predicted molar refractivity (Wildman–Crippen MR) is 94.7 cm³/mol. The maximum absolute atomic E-state index is 13.9. The second kappa shape index (κ2) is 6.94. The zero-order valence-electron chi connectivity index (χ0n) is 14.0. The van der Waals surface area contributed by atoms with E-state index in [4.69, 9.17) is 0 Å². The Bertz CT molecular complexity index is 929. The normalized spacial score (nSPS) is 12.5. The summed E-state index contributed by atoms with van der Waals surface area (Å²) in [6.07, 6.45) is 1.69. The molecular weight excluding hydrogens is 321 g/mol. The molecule has 0 aliphatic rings. The lowest BCUT2D eigenvalue weighted by Crippen LogP contribution is -2.22. The number of fused-ring (bicyclic) bond motifs is 1. The minimum atomic E-state index is -0.403. The van der Waals surface area contributed by atoms with E-state index >= 15 is 0 Å². The quantitative estimate of drug-likeness (QED) is 0.508. The highest BCUT2D eigenvalue weighted by Crippen LogP contribution is 2.26. The number of nitro benzene ring substituents is 1. The number of nitrogens with zero attached hydrogens (tertiary/aromatic N) is 3. The van der Waals surface area contributed by atoms with Gasteiger partial charge in [-0.05, 0) is 43.3 Å². The van der Waals surface area contributed by atoms with Crippen LogP contribution in [-0.2, 0) is 6.54 Å². The van der Waals surface area contributed by atoms with Gasteiger partial charge >= 0.3 is 0 Å². The fourth-order valence-electron chi connectivity index (χ4n) is 2.91. The summed E-state index contributed by atoms with van der Waals surface area (Å²) in [5.41, 5.74) is 2.46. The van der Waals surface area contributed by atoms with E-state index in [0.717, 1.165) is 22.0 Å². The molecule has 0 N–H and O–H groups in total. The molecule has 0 spiro atoms. The van der Waals surface area contributed by atoms with Gasteiger partial charge in [-0.15, -0.1) is 0 Å². The van der Waals surface area contributed by atoms with Gasteiger partial charge in [0.15, 0.2) is 0 Å². The summed E-state index contributed by atoms with van der Waals surface area (Å²) in [4.78, 5) is 16.9. The van der Waals surface area contributed by atoms with Crippen LogP contribution in [0.4, 0.5) is 10.1 Å². The minimum absolute atomic E-state index is 0.0654. The standard InChI is InChI=1S/C19H18FN3O2/c1-13(14-5-3-7-18(11-14)23(24)25)22(2)12-16-10-17(20)9-15-6-4-8-21-19(15)16/h3-11,13H,12H2,1-2H3/t13-/m1/s1. The lowest BCUT2D eigenvalue weighted by atomic mass is 10.0. The Morgan fingerprint density at radius 3 is 2.80 bits per heavy atom. The van der Waals surface area contributed by atoms with Gasteiger partial charge in [0.1, 0.15) is 5.82 Å². The van der Waals surface area contributed by atoms with Crippen LogP contribution in [0.1, 0.15) is 24.1 Å². The van der Waals surface area contributed by atoms with Crippen molar-refractivity contribution in [2.75, 3.05) is 7.05 Å². The van der Waals surface area contributed by atoms with Crippen molar-refractivity contribution in [3.63, 3.8) is 0 Å². The Kier molecular flexibility index (Phi) is 4.72. The zero-order chi connectivity index (χ0) is 18.0. The molecule has 0 unspecified atom stereocenters. The van der Waals surface area contributed by atoms with Crippen molar-refractivity contribution in [1.29, 1.82) is 0 Å². The van der Waals surface area contributed by atoms with Crippen LogP contribution in [0, 0.1) is 15.9 Å². The third-order valence-corrected chi connectivity index (χ3v) is 4.39. The molecule has 0 bridgehead atoms. The third kappa shape index (κ3) is 3.64. The van der Waals surface area contributed by atoms with E-state index in [1.165, 1.54) is 18.2 Å². The SMILES string of the molecule is C[C@H](c1cccc([N+](=O)[O-])c1)N(C)Cc1cc(F)cc2cccnc12. The first kappa shape index (κ1) is 17.0. The van der Waals surface area contributed by atoms with Crippen LogP contribution >= 0.6 is 0 Å². The second-order valence-corrected chi connectivity index (χ2v) is 6.08. The number of rotatable bonds is 5. The molecule has 0 saturated carbocycles.